The largest absolute Gasteiger partial charge is 0.340 e. The van der Waals surface area contributed by atoms with Crippen LogP contribution in [0, 0.1) is 19.8 Å². The van der Waals surface area contributed by atoms with Gasteiger partial charge in [-0.2, -0.15) is 4.31 Å². The summed E-state index contributed by atoms with van der Waals surface area (Å²) in [7, 11) is -3.58. The molecule has 2 heterocycles. The lowest BCUT2D eigenvalue weighted by atomic mass is 9.96. The molecule has 0 radical (unpaired) electrons. The van der Waals surface area contributed by atoms with E-state index in [0.29, 0.717) is 29.9 Å². The summed E-state index contributed by atoms with van der Waals surface area (Å²) in [6.45, 7) is 5.81. The summed E-state index contributed by atoms with van der Waals surface area (Å²) in [5, 5.41) is 0. The zero-order valence-electron chi connectivity index (χ0n) is 20.0. The molecule has 3 aliphatic rings. The molecule has 1 aromatic carbocycles. The SMILES string of the molecule is Cc1ccc(C)c(S(=O)(=O)N2CCN(C(=O)CCC(=O)N3CCCC3C3CCCC3)CC2)c1. The number of hydrogen-bond donors (Lipinski definition) is 0. The van der Waals surface area contributed by atoms with E-state index in [1.165, 1.54) is 30.0 Å². The average Bonchev–Trinajstić information content (AvgIpc) is 3.50. The van der Waals surface area contributed by atoms with Crippen LogP contribution in [-0.2, 0) is 19.6 Å². The van der Waals surface area contributed by atoms with E-state index < -0.39 is 10.0 Å². The molecule has 1 saturated carbocycles. The first-order valence-electron chi connectivity index (χ1n) is 12.4. The van der Waals surface area contributed by atoms with E-state index >= 15 is 0 Å². The van der Waals surface area contributed by atoms with Gasteiger partial charge < -0.3 is 9.80 Å². The van der Waals surface area contributed by atoms with Crippen molar-refractivity contribution in [3.8, 4) is 0 Å². The van der Waals surface area contributed by atoms with Gasteiger partial charge in [0.15, 0.2) is 0 Å². The highest BCUT2D eigenvalue weighted by Crippen LogP contribution is 2.35. The van der Waals surface area contributed by atoms with Crippen molar-refractivity contribution in [1.29, 1.82) is 0 Å². The van der Waals surface area contributed by atoms with Gasteiger partial charge >= 0.3 is 0 Å². The monoisotopic (exact) mass is 475 g/mol. The number of amides is 2. The van der Waals surface area contributed by atoms with Crippen LogP contribution in [0.15, 0.2) is 23.1 Å². The van der Waals surface area contributed by atoms with Gasteiger partial charge in [0.1, 0.15) is 0 Å². The first-order chi connectivity index (χ1) is 15.8. The predicted octanol–water partition coefficient (Wildman–Crippen LogP) is 3.10. The van der Waals surface area contributed by atoms with E-state index in [2.05, 4.69) is 0 Å². The summed E-state index contributed by atoms with van der Waals surface area (Å²) >= 11 is 0. The maximum Gasteiger partial charge on any atom is 0.243 e. The standard InChI is InChI=1S/C25H37N3O4S/c1-19-9-10-20(2)23(18-19)33(31,32)27-16-14-26(15-17-27)24(29)11-12-25(30)28-13-5-8-22(28)21-6-3-4-7-21/h9-10,18,21-22H,3-8,11-17H2,1-2H3. The molecule has 1 unspecified atom stereocenters. The molecule has 182 valence electrons. The van der Waals surface area contributed by atoms with Crippen LogP contribution in [0.3, 0.4) is 0 Å². The quantitative estimate of drug-likeness (QED) is 0.633. The maximum atomic E-state index is 13.1. The number of benzene rings is 1. The van der Waals surface area contributed by atoms with Crippen LogP contribution in [0.2, 0.25) is 0 Å². The number of carbonyl (C=O) groups is 2. The van der Waals surface area contributed by atoms with Crippen LogP contribution in [-0.4, -0.2) is 73.1 Å². The highest BCUT2D eigenvalue weighted by molar-refractivity contribution is 7.89. The molecule has 0 aromatic heterocycles. The van der Waals surface area contributed by atoms with Gasteiger partial charge in [-0.05, 0) is 62.6 Å². The Labute approximate surface area is 198 Å². The molecule has 1 aromatic rings. The second-order valence-electron chi connectivity index (χ2n) is 9.90. The number of sulfonamides is 1. The van der Waals surface area contributed by atoms with Crippen LogP contribution in [0.25, 0.3) is 0 Å². The van der Waals surface area contributed by atoms with E-state index in [9.17, 15) is 18.0 Å². The Bertz CT molecular complexity index is 979. The average molecular weight is 476 g/mol. The van der Waals surface area contributed by atoms with Gasteiger partial charge in [0.25, 0.3) is 0 Å². The number of rotatable bonds is 6. The predicted molar refractivity (Wildman–Crippen MR) is 127 cm³/mol. The fraction of sp³-hybridized carbons (Fsp3) is 0.680. The van der Waals surface area contributed by atoms with Gasteiger partial charge in [-0.3, -0.25) is 9.59 Å². The molecule has 0 spiro atoms. The summed E-state index contributed by atoms with van der Waals surface area (Å²) in [5.74, 6) is 0.692. The minimum Gasteiger partial charge on any atom is -0.340 e. The molecule has 8 heteroatoms. The lowest BCUT2D eigenvalue weighted by Crippen LogP contribution is -2.50. The minimum absolute atomic E-state index is 0.0521. The second-order valence-corrected chi connectivity index (χ2v) is 11.8. The summed E-state index contributed by atoms with van der Waals surface area (Å²) in [4.78, 5) is 29.7. The Morgan fingerprint density at radius 2 is 1.55 bits per heavy atom. The van der Waals surface area contributed by atoms with Gasteiger partial charge in [-0.25, -0.2) is 8.42 Å². The molecule has 0 bridgehead atoms. The highest BCUT2D eigenvalue weighted by Gasteiger charge is 2.36. The van der Waals surface area contributed by atoms with Gasteiger partial charge in [-0.15, -0.1) is 0 Å². The molecule has 7 nitrogen and oxygen atoms in total. The fourth-order valence-electron chi connectivity index (χ4n) is 5.75. The number of likely N-dealkylation sites (tertiary alicyclic amines) is 1. The van der Waals surface area contributed by atoms with Crippen molar-refractivity contribution < 1.29 is 18.0 Å². The van der Waals surface area contributed by atoms with Crippen LogP contribution >= 0.6 is 0 Å². The van der Waals surface area contributed by atoms with Gasteiger partial charge in [0.05, 0.1) is 4.90 Å². The third-order valence-corrected chi connectivity index (χ3v) is 9.71. The first-order valence-corrected chi connectivity index (χ1v) is 13.9. The van der Waals surface area contributed by atoms with Crippen molar-refractivity contribution in [3.63, 3.8) is 0 Å². The minimum atomic E-state index is -3.58. The molecule has 4 rings (SSSR count). The highest BCUT2D eigenvalue weighted by atomic mass is 32.2. The number of piperazine rings is 1. The van der Waals surface area contributed by atoms with E-state index in [0.717, 1.165) is 30.5 Å². The van der Waals surface area contributed by atoms with Crippen molar-refractivity contribution in [2.75, 3.05) is 32.7 Å². The molecule has 2 aliphatic heterocycles. The van der Waals surface area contributed by atoms with Gasteiger partial charge in [0.2, 0.25) is 21.8 Å². The van der Waals surface area contributed by atoms with E-state index in [1.807, 2.05) is 24.0 Å². The third-order valence-electron chi connectivity index (χ3n) is 7.67. The van der Waals surface area contributed by atoms with Crippen LogP contribution < -0.4 is 0 Å². The smallest absolute Gasteiger partial charge is 0.243 e. The molecule has 2 amide bonds. The van der Waals surface area contributed by atoms with Crippen LogP contribution in [0.5, 0.6) is 0 Å². The molecular weight excluding hydrogens is 438 g/mol. The molecule has 2 saturated heterocycles. The molecule has 1 aliphatic carbocycles. The number of nitrogens with zero attached hydrogens (tertiary/aromatic N) is 3. The fourth-order valence-corrected chi connectivity index (χ4v) is 7.48. The summed E-state index contributed by atoms with van der Waals surface area (Å²) < 4.78 is 27.7. The molecule has 1 atom stereocenters. The zero-order valence-corrected chi connectivity index (χ0v) is 20.8. The molecule has 3 fully saturated rings. The van der Waals surface area contributed by atoms with Crippen molar-refractivity contribution >= 4 is 21.8 Å². The Morgan fingerprint density at radius 3 is 2.24 bits per heavy atom. The summed E-state index contributed by atoms with van der Waals surface area (Å²) in [6, 6.07) is 5.82. The Hall–Kier alpha value is -1.93. The maximum absolute atomic E-state index is 13.1. The van der Waals surface area contributed by atoms with E-state index in [4.69, 9.17) is 0 Å². The number of aryl methyl sites for hydroxylation is 2. The number of carbonyl (C=O) groups excluding carboxylic acids is 2. The second kappa shape index (κ2) is 10.1. The molecule has 0 N–H and O–H groups in total. The van der Waals surface area contributed by atoms with Crippen LogP contribution in [0.1, 0.15) is 62.5 Å². The Morgan fingerprint density at radius 1 is 0.879 bits per heavy atom. The first kappa shape index (κ1) is 24.2. The van der Waals surface area contributed by atoms with Crippen molar-refractivity contribution in [1.82, 2.24) is 14.1 Å². The Kier molecular flexibility index (Phi) is 7.43. The molecular formula is C25H37N3O4S. The third kappa shape index (κ3) is 5.27. The summed E-state index contributed by atoms with van der Waals surface area (Å²) in [6.07, 6.45) is 7.61. The number of hydrogen-bond acceptors (Lipinski definition) is 4. The van der Waals surface area contributed by atoms with Crippen molar-refractivity contribution in [2.45, 2.75) is 76.2 Å². The van der Waals surface area contributed by atoms with E-state index in [1.54, 1.807) is 17.9 Å². The van der Waals surface area contributed by atoms with Crippen molar-refractivity contribution in [2.24, 2.45) is 5.92 Å². The van der Waals surface area contributed by atoms with E-state index in [-0.39, 0.29) is 37.7 Å². The van der Waals surface area contributed by atoms with Crippen LogP contribution in [0.4, 0.5) is 0 Å². The Balaban J connectivity index is 1.28. The lowest BCUT2D eigenvalue weighted by Gasteiger charge is -2.34. The lowest BCUT2D eigenvalue weighted by molar-refractivity contribution is -0.138. The molecule has 33 heavy (non-hydrogen) atoms. The van der Waals surface area contributed by atoms with Gasteiger partial charge in [0, 0.05) is 51.6 Å². The van der Waals surface area contributed by atoms with Crippen molar-refractivity contribution in [3.05, 3.63) is 29.3 Å². The topological polar surface area (TPSA) is 78.0 Å². The zero-order chi connectivity index (χ0) is 23.6. The van der Waals surface area contributed by atoms with Gasteiger partial charge in [-0.1, -0.05) is 25.0 Å². The normalized spacial score (nSPS) is 22.8. The summed E-state index contributed by atoms with van der Waals surface area (Å²) in [5.41, 5.74) is 1.64.